The maximum absolute atomic E-state index is 13.0. The van der Waals surface area contributed by atoms with Gasteiger partial charge in [0.05, 0.1) is 12.1 Å². The van der Waals surface area contributed by atoms with Gasteiger partial charge in [0.1, 0.15) is 11.6 Å². The second-order valence-electron chi connectivity index (χ2n) is 4.90. The molecule has 1 heterocycles. The van der Waals surface area contributed by atoms with Crippen LogP contribution in [0.5, 0.6) is 5.75 Å². The average molecular weight is 270 g/mol. The molecule has 3 nitrogen and oxygen atoms in total. The van der Waals surface area contributed by atoms with Gasteiger partial charge in [-0.2, -0.15) is 0 Å². The van der Waals surface area contributed by atoms with Crippen LogP contribution in [0.15, 0.2) is 60.8 Å². The van der Waals surface area contributed by atoms with E-state index in [2.05, 4.69) is 6.58 Å². The number of aromatic hydroxyl groups is 1. The molecule has 0 radical (unpaired) electrons. The fraction of sp³-hybridized carbons (Fsp3) is 0.125. The van der Waals surface area contributed by atoms with Crippen molar-refractivity contribution in [1.29, 1.82) is 0 Å². The predicted molar refractivity (Wildman–Crippen MR) is 76.8 cm³/mol. The van der Waals surface area contributed by atoms with Gasteiger partial charge in [-0.25, -0.2) is 4.39 Å². The topological polar surface area (TPSA) is 49.5 Å². The number of benzene rings is 2. The molecule has 4 heteroatoms. The smallest absolute Gasteiger partial charge is 0.123 e. The van der Waals surface area contributed by atoms with Crippen molar-refractivity contribution < 1.29 is 9.50 Å². The Morgan fingerprint density at radius 2 is 1.65 bits per heavy atom. The van der Waals surface area contributed by atoms with Crippen LogP contribution in [-0.4, -0.2) is 11.1 Å². The highest BCUT2D eigenvalue weighted by Gasteiger charge is 2.41. The molecular weight excluding hydrogens is 255 g/mol. The molecule has 20 heavy (non-hydrogen) atoms. The largest absolute Gasteiger partial charge is 0.508 e. The van der Waals surface area contributed by atoms with Gasteiger partial charge in [0.15, 0.2) is 0 Å². The zero-order valence-corrected chi connectivity index (χ0v) is 10.8. The van der Waals surface area contributed by atoms with Crippen molar-refractivity contribution in [3.8, 4) is 5.75 Å². The van der Waals surface area contributed by atoms with Gasteiger partial charge in [-0.3, -0.25) is 0 Å². The van der Waals surface area contributed by atoms with E-state index in [9.17, 15) is 9.50 Å². The Bertz CT molecular complexity index is 637. The van der Waals surface area contributed by atoms with Crippen molar-refractivity contribution in [2.45, 2.75) is 12.1 Å². The van der Waals surface area contributed by atoms with Crippen LogP contribution in [0, 0.1) is 5.82 Å². The molecule has 0 amide bonds. The first-order chi connectivity index (χ1) is 9.58. The van der Waals surface area contributed by atoms with E-state index in [0.29, 0.717) is 0 Å². The number of anilines is 1. The number of hydrogen-bond donors (Lipinski definition) is 2. The third kappa shape index (κ3) is 1.94. The molecule has 0 bridgehead atoms. The Morgan fingerprint density at radius 3 is 2.25 bits per heavy atom. The number of phenolic OH excluding ortho intramolecular Hbond substituents is 1. The van der Waals surface area contributed by atoms with Crippen LogP contribution >= 0.6 is 0 Å². The summed E-state index contributed by atoms with van der Waals surface area (Å²) in [6.07, 6.45) is 0. The van der Waals surface area contributed by atoms with E-state index in [1.54, 1.807) is 24.3 Å². The van der Waals surface area contributed by atoms with Gasteiger partial charge in [0.25, 0.3) is 0 Å². The molecule has 1 saturated heterocycles. The van der Waals surface area contributed by atoms with E-state index in [1.807, 2.05) is 17.0 Å². The van der Waals surface area contributed by atoms with Gasteiger partial charge in [0, 0.05) is 11.4 Å². The summed E-state index contributed by atoms with van der Waals surface area (Å²) in [6, 6.07) is 13.0. The zero-order chi connectivity index (χ0) is 14.3. The van der Waals surface area contributed by atoms with Crippen LogP contribution in [0.3, 0.4) is 0 Å². The van der Waals surface area contributed by atoms with Crippen molar-refractivity contribution in [2.24, 2.45) is 5.73 Å². The van der Waals surface area contributed by atoms with Crippen molar-refractivity contribution in [3.05, 3.63) is 72.2 Å². The monoisotopic (exact) mass is 270 g/mol. The predicted octanol–water partition coefficient (Wildman–Crippen LogP) is 2.93. The first-order valence-corrected chi connectivity index (χ1v) is 6.36. The first kappa shape index (κ1) is 12.7. The van der Waals surface area contributed by atoms with Crippen LogP contribution in [0.1, 0.15) is 11.6 Å². The quantitative estimate of drug-likeness (QED) is 0.882. The Balaban J connectivity index is 1.95. The lowest BCUT2D eigenvalue weighted by Gasteiger charge is -2.50. The number of hydrogen-bond acceptors (Lipinski definition) is 3. The number of rotatable bonds is 2. The number of halogens is 1. The van der Waals surface area contributed by atoms with Crippen molar-refractivity contribution >= 4 is 5.69 Å². The lowest BCUT2D eigenvalue weighted by molar-refractivity contribution is 0.460. The molecule has 1 aliphatic rings. The van der Waals surface area contributed by atoms with Crippen molar-refractivity contribution in [3.63, 3.8) is 0 Å². The lowest BCUT2D eigenvalue weighted by Crippen LogP contribution is -2.55. The number of phenols is 1. The van der Waals surface area contributed by atoms with E-state index in [4.69, 9.17) is 5.73 Å². The highest BCUT2D eigenvalue weighted by atomic mass is 19.1. The third-order valence-corrected chi connectivity index (χ3v) is 3.65. The molecule has 1 aliphatic heterocycles. The van der Waals surface area contributed by atoms with Gasteiger partial charge >= 0.3 is 0 Å². The molecule has 2 aromatic carbocycles. The van der Waals surface area contributed by atoms with Gasteiger partial charge < -0.3 is 15.7 Å². The van der Waals surface area contributed by atoms with Crippen molar-refractivity contribution in [1.82, 2.24) is 0 Å². The molecule has 0 unspecified atom stereocenters. The van der Waals surface area contributed by atoms with Crippen LogP contribution < -0.4 is 10.6 Å². The van der Waals surface area contributed by atoms with Gasteiger partial charge in [-0.1, -0.05) is 18.7 Å². The highest BCUT2D eigenvalue weighted by molar-refractivity contribution is 5.62. The maximum atomic E-state index is 13.0. The van der Waals surface area contributed by atoms with E-state index in [0.717, 1.165) is 16.9 Å². The average Bonchev–Trinajstić information content (AvgIpc) is 2.46. The zero-order valence-electron chi connectivity index (χ0n) is 10.8. The number of nitrogens with two attached hydrogens (primary N) is 1. The fourth-order valence-electron chi connectivity index (χ4n) is 2.56. The van der Waals surface area contributed by atoms with Crippen molar-refractivity contribution in [2.75, 3.05) is 4.90 Å². The molecule has 3 rings (SSSR count). The van der Waals surface area contributed by atoms with E-state index < -0.39 is 0 Å². The van der Waals surface area contributed by atoms with Gasteiger partial charge in [-0.05, 0) is 42.0 Å². The molecule has 102 valence electrons. The van der Waals surface area contributed by atoms with Crippen LogP contribution in [-0.2, 0) is 0 Å². The summed E-state index contributed by atoms with van der Waals surface area (Å²) < 4.78 is 13.0. The van der Waals surface area contributed by atoms with E-state index in [1.165, 1.54) is 12.1 Å². The summed E-state index contributed by atoms with van der Waals surface area (Å²) in [4.78, 5) is 1.98. The second kappa shape index (κ2) is 4.65. The minimum atomic E-state index is -0.273. The summed E-state index contributed by atoms with van der Waals surface area (Å²) >= 11 is 0. The van der Waals surface area contributed by atoms with Gasteiger partial charge in [-0.15, -0.1) is 0 Å². The van der Waals surface area contributed by atoms with Gasteiger partial charge in [0.2, 0.25) is 0 Å². The molecule has 0 aromatic heterocycles. The minimum absolute atomic E-state index is 0.0476. The highest BCUT2D eigenvalue weighted by Crippen LogP contribution is 2.43. The van der Waals surface area contributed by atoms with E-state index >= 15 is 0 Å². The Hall–Kier alpha value is -2.33. The molecular formula is C16H15FN2O. The normalized spacial score (nSPS) is 21.7. The molecule has 3 N–H and O–H groups in total. The molecule has 0 aliphatic carbocycles. The summed E-state index contributed by atoms with van der Waals surface area (Å²) in [6.45, 7) is 3.97. The SMILES string of the molecule is C=C1[C@H](N)[C@@H](c2ccc(O)cc2)N1c1ccc(F)cc1. The second-order valence-corrected chi connectivity index (χ2v) is 4.90. The fourth-order valence-corrected chi connectivity index (χ4v) is 2.56. The summed E-state index contributed by atoms with van der Waals surface area (Å²) in [5.41, 5.74) is 8.77. The third-order valence-electron chi connectivity index (χ3n) is 3.65. The Morgan fingerprint density at radius 1 is 1.05 bits per heavy atom. The van der Waals surface area contributed by atoms with Crippen LogP contribution in [0.25, 0.3) is 0 Å². The maximum Gasteiger partial charge on any atom is 0.123 e. The molecule has 2 aromatic rings. The Labute approximate surface area is 116 Å². The molecule has 1 fully saturated rings. The summed E-state index contributed by atoms with van der Waals surface area (Å²) in [5.74, 6) is -0.0563. The summed E-state index contributed by atoms with van der Waals surface area (Å²) in [7, 11) is 0. The van der Waals surface area contributed by atoms with Crippen LogP contribution in [0.2, 0.25) is 0 Å². The number of nitrogens with zero attached hydrogens (tertiary/aromatic N) is 1. The standard InChI is InChI=1S/C16H15FN2O/c1-10-15(18)16(11-2-8-14(20)9-3-11)19(10)13-6-4-12(17)5-7-13/h2-9,15-16,20H,1,18H2/t15-,16+/m0/s1. The van der Waals surface area contributed by atoms with E-state index in [-0.39, 0.29) is 23.7 Å². The first-order valence-electron chi connectivity index (χ1n) is 6.36. The summed E-state index contributed by atoms with van der Waals surface area (Å²) in [5, 5.41) is 9.36. The lowest BCUT2D eigenvalue weighted by atomic mass is 9.86. The minimum Gasteiger partial charge on any atom is -0.508 e. The molecule has 2 atom stereocenters. The van der Waals surface area contributed by atoms with Crippen LogP contribution in [0.4, 0.5) is 10.1 Å². The molecule has 0 spiro atoms. The molecule has 0 saturated carbocycles. The Kier molecular flexibility index (Phi) is 2.95.